The fraction of sp³-hybridized carbons (Fsp3) is 0.143. The molecule has 2 N–H and O–H groups in total. The highest BCUT2D eigenvalue weighted by Crippen LogP contribution is 2.26. The molecule has 2 aromatic carbocycles. The molecule has 3 nitrogen and oxygen atoms in total. The Labute approximate surface area is 121 Å². The Kier molecular flexibility index (Phi) is 4.77. The van der Waals surface area contributed by atoms with Gasteiger partial charge in [0.15, 0.2) is 0 Å². The number of benzene rings is 2. The third-order valence-corrected chi connectivity index (χ3v) is 3.11. The van der Waals surface area contributed by atoms with Gasteiger partial charge in [-0.2, -0.15) is 0 Å². The topological polar surface area (TPSA) is 44.5 Å². The Morgan fingerprint density at radius 3 is 2.16 bits per heavy atom. The second-order valence-corrected chi connectivity index (χ2v) is 4.66. The van der Waals surface area contributed by atoms with Gasteiger partial charge in [-0.05, 0) is 24.3 Å². The van der Waals surface area contributed by atoms with Gasteiger partial charge >= 0.3 is 0 Å². The zero-order chi connectivity index (χ0) is 13.7. The van der Waals surface area contributed by atoms with Crippen LogP contribution in [0.2, 0.25) is 10.0 Å². The van der Waals surface area contributed by atoms with Crippen LogP contribution in [0.4, 0.5) is 5.69 Å². The molecule has 0 spiro atoms. The summed E-state index contributed by atoms with van der Waals surface area (Å²) in [6, 6.07) is 12.4. The molecule has 100 valence electrons. The monoisotopic (exact) mass is 297 g/mol. The fourth-order valence-corrected chi connectivity index (χ4v) is 1.78. The van der Waals surface area contributed by atoms with E-state index in [9.17, 15) is 0 Å². The number of hydrogen-bond acceptors (Lipinski definition) is 3. The molecule has 0 fully saturated rings. The molecule has 0 saturated heterocycles. The number of halogens is 2. The van der Waals surface area contributed by atoms with Crippen LogP contribution >= 0.6 is 23.2 Å². The van der Waals surface area contributed by atoms with Crippen molar-refractivity contribution in [2.45, 2.75) is 0 Å². The molecular formula is C14H13Cl2NO2. The zero-order valence-electron chi connectivity index (χ0n) is 10.1. The molecule has 0 aliphatic carbocycles. The van der Waals surface area contributed by atoms with E-state index in [1.807, 2.05) is 12.1 Å². The van der Waals surface area contributed by atoms with Gasteiger partial charge in [0.05, 0.1) is 10.0 Å². The average molecular weight is 298 g/mol. The summed E-state index contributed by atoms with van der Waals surface area (Å²) >= 11 is 11.7. The van der Waals surface area contributed by atoms with Crippen LogP contribution in [0.3, 0.4) is 0 Å². The fourth-order valence-electron chi connectivity index (χ4n) is 1.49. The molecule has 0 aliphatic rings. The van der Waals surface area contributed by atoms with Gasteiger partial charge in [0, 0.05) is 17.8 Å². The van der Waals surface area contributed by atoms with Gasteiger partial charge in [-0.15, -0.1) is 0 Å². The zero-order valence-corrected chi connectivity index (χ0v) is 11.6. The van der Waals surface area contributed by atoms with Gasteiger partial charge in [-0.25, -0.2) is 0 Å². The lowest BCUT2D eigenvalue weighted by atomic mass is 10.3. The van der Waals surface area contributed by atoms with Crippen LogP contribution in [0.5, 0.6) is 11.5 Å². The lowest BCUT2D eigenvalue weighted by Gasteiger charge is -2.09. The molecule has 0 amide bonds. The number of hydrogen-bond donors (Lipinski definition) is 1. The maximum Gasteiger partial charge on any atom is 0.122 e. The molecule has 5 heteroatoms. The lowest BCUT2D eigenvalue weighted by Crippen LogP contribution is -2.09. The van der Waals surface area contributed by atoms with Crippen LogP contribution in [0.1, 0.15) is 0 Å². The normalized spacial score (nSPS) is 10.2. The number of nitrogen functional groups attached to an aromatic ring is 1. The summed E-state index contributed by atoms with van der Waals surface area (Å²) in [5.41, 5.74) is 6.32. The molecule has 19 heavy (non-hydrogen) atoms. The molecule has 0 radical (unpaired) electrons. The third-order valence-electron chi connectivity index (χ3n) is 2.37. The minimum absolute atomic E-state index is 0.409. The maximum absolute atomic E-state index is 5.88. The first-order valence-corrected chi connectivity index (χ1v) is 6.47. The Morgan fingerprint density at radius 1 is 0.842 bits per heavy atom. The molecule has 0 aromatic heterocycles. The summed E-state index contributed by atoms with van der Waals surface area (Å²) in [7, 11) is 0. The summed E-state index contributed by atoms with van der Waals surface area (Å²) in [6.07, 6.45) is 0. The van der Waals surface area contributed by atoms with E-state index in [1.165, 1.54) is 0 Å². The van der Waals surface area contributed by atoms with E-state index in [-0.39, 0.29) is 0 Å². The largest absolute Gasteiger partial charge is 0.490 e. The van der Waals surface area contributed by atoms with Crippen LogP contribution in [0, 0.1) is 0 Å². The maximum atomic E-state index is 5.88. The summed E-state index contributed by atoms with van der Waals surface area (Å²) < 4.78 is 11.0. The molecule has 0 heterocycles. The SMILES string of the molecule is Nc1cccc(OCCOc2ccc(Cl)c(Cl)c2)c1. The summed E-state index contributed by atoms with van der Waals surface area (Å²) in [5, 5.41) is 0.973. The van der Waals surface area contributed by atoms with E-state index in [1.54, 1.807) is 30.3 Å². The van der Waals surface area contributed by atoms with Crippen molar-refractivity contribution in [3.8, 4) is 11.5 Å². The predicted molar refractivity (Wildman–Crippen MR) is 78.3 cm³/mol. The Hall–Kier alpha value is -1.58. The number of ether oxygens (including phenoxy) is 2. The summed E-state index contributed by atoms with van der Waals surface area (Å²) in [6.45, 7) is 0.830. The molecule has 2 rings (SSSR count). The second kappa shape index (κ2) is 6.55. The van der Waals surface area contributed by atoms with Crippen molar-refractivity contribution in [1.29, 1.82) is 0 Å². The highest BCUT2D eigenvalue weighted by molar-refractivity contribution is 6.42. The first kappa shape index (κ1) is 13.8. The van der Waals surface area contributed by atoms with Crippen molar-refractivity contribution >= 4 is 28.9 Å². The highest BCUT2D eigenvalue weighted by atomic mass is 35.5. The van der Waals surface area contributed by atoms with Crippen molar-refractivity contribution in [3.05, 3.63) is 52.5 Å². The lowest BCUT2D eigenvalue weighted by molar-refractivity contribution is 0.217. The van der Waals surface area contributed by atoms with Crippen LogP contribution in [0.15, 0.2) is 42.5 Å². The Morgan fingerprint density at radius 2 is 1.53 bits per heavy atom. The first-order chi connectivity index (χ1) is 9.15. The number of nitrogens with two attached hydrogens (primary N) is 1. The van der Waals surface area contributed by atoms with E-state index in [4.69, 9.17) is 38.4 Å². The summed E-state index contributed by atoms with van der Waals surface area (Å²) in [5.74, 6) is 1.38. The third kappa shape index (κ3) is 4.23. The second-order valence-electron chi connectivity index (χ2n) is 3.85. The van der Waals surface area contributed by atoms with E-state index >= 15 is 0 Å². The Balaban J connectivity index is 1.79. The summed E-state index contributed by atoms with van der Waals surface area (Å²) in [4.78, 5) is 0. The van der Waals surface area contributed by atoms with Gasteiger partial charge in [-0.3, -0.25) is 0 Å². The minimum atomic E-state index is 0.409. The molecule has 0 bridgehead atoms. The minimum Gasteiger partial charge on any atom is -0.490 e. The highest BCUT2D eigenvalue weighted by Gasteiger charge is 2.00. The van der Waals surface area contributed by atoms with Crippen LogP contribution in [-0.2, 0) is 0 Å². The predicted octanol–water partition coefficient (Wildman–Crippen LogP) is 4.03. The van der Waals surface area contributed by atoms with Gasteiger partial charge in [0.2, 0.25) is 0 Å². The number of anilines is 1. The van der Waals surface area contributed by atoms with Gasteiger partial charge < -0.3 is 15.2 Å². The van der Waals surface area contributed by atoms with Crippen LogP contribution in [-0.4, -0.2) is 13.2 Å². The molecule has 0 atom stereocenters. The van der Waals surface area contributed by atoms with Crippen molar-refractivity contribution < 1.29 is 9.47 Å². The van der Waals surface area contributed by atoms with Gasteiger partial charge in [0.25, 0.3) is 0 Å². The first-order valence-electron chi connectivity index (χ1n) is 5.71. The van der Waals surface area contributed by atoms with Crippen LogP contribution in [0.25, 0.3) is 0 Å². The number of rotatable bonds is 5. The molecular weight excluding hydrogens is 285 g/mol. The van der Waals surface area contributed by atoms with Crippen molar-refractivity contribution in [1.82, 2.24) is 0 Å². The molecule has 0 saturated carbocycles. The smallest absolute Gasteiger partial charge is 0.122 e. The quantitative estimate of drug-likeness (QED) is 0.669. The average Bonchev–Trinajstić information content (AvgIpc) is 2.39. The van der Waals surface area contributed by atoms with Gasteiger partial charge in [-0.1, -0.05) is 29.3 Å². The molecule has 0 unspecified atom stereocenters. The van der Waals surface area contributed by atoms with E-state index in [0.717, 1.165) is 5.75 Å². The van der Waals surface area contributed by atoms with Gasteiger partial charge in [0.1, 0.15) is 24.7 Å². The van der Waals surface area contributed by atoms with E-state index < -0.39 is 0 Å². The van der Waals surface area contributed by atoms with E-state index in [2.05, 4.69) is 0 Å². The van der Waals surface area contributed by atoms with E-state index in [0.29, 0.717) is 34.7 Å². The standard InChI is InChI=1S/C14H13Cl2NO2/c15-13-5-4-12(9-14(13)16)19-7-6-18-11-3-1-2-10(17)8-11/h1-5,8-9H,6-7,17H2. The molecule has 0 aliphatic heterocycles. The van der Waals surface area contributed by atoms with Crippen molar-refractivity contribution in [3.63, 3.8) is 0 Å². The van der Waals surface area contributed by atoms with Crippen LogP contribution < -0.4 is 15.2 Å². The van der Waals surface area contributed by atoms with Crippen molar-refractivity contribution in [2.75, 3.05) is 18.9 Å². The molecule has 2 aromatic rings. The Bertz CT molecular complexity index is 561. The van der Waals surface area contributed by atoms with Crippen molar-refractivity contribution in [2.24, 2.45) is 0 Å².